The van der Waals surface area contributed by atoms with Gasteiger partial charge in [-0.2, -0.15) is 5.10 Å². The fourth-order valence-electron chi connectivity index (χ4n) is 4.29. The number of aromatic nitrogens is 3. The van der Waals surface area contributed by atoms with Crippen molar-refractivity contribution in [2.24, 2.45) is 0 Å². The van der Waals surface area contributed by atoms with Gasteiger partial charge in [-0.25, -0.2) is 9.67 Å². The summed E-state index contributed by atoms with van der Waals surface area (Å²) in [7, 11) is 0. The van der Waals surface area contributed by atoms with Gasteiger partial charge in [0.25, 0.3) is 11.8 Å². The van der Waals surface area contributed by atoms with Gasteiger partial charge in [-0.15, -0.1) is 0 Å². The third-order valence-electron chi connectivity index (χ3n) is 6.16. The first-order valence-corrected chi connectivity index (χ1v) is 11.6. The van der Waals surface area contributed by atoms with Crippen LogP contribution in [0.15, 0.2) is 36.4 Å². The first kappa shape index (κ1) is 23.0. The van der Waals surface area contributed by atoms with Crippen LogP contribution in [0.4, 0.5) is 0 Å². The Hall–Kier alpha value is -3.22. The smallest absolute Gasteiger partial charge is 0.254 e. The zero-order chi connectivity index (χ0) is 23.9. The maximum Gasteiger partial charge on any atom is 0.254 e. The Morgan fingerprint density at radius 3 is 2.06 bits per heavy atom. The van der Waals surface area contributed by atoms with E-state index in [1.165, 1.54) is 0 Å². The van der Waals surface area contributed by atoms with E-state index in [1.807, 2.05) is 57.8 Å². The molecule has 1 aromatic carbocycles. The highest BCUT2D eigenvalue weighted by Crippen LogP contribution is 2.30. The molecular weight excluding hydrogens is 414 g/mol. The highest BCUT2D eigenvalue weighted by atomic mass is 16.2. The number of carbonyl (C=O) groups is 2. The number of pyridine rings is 1. The quantitative estimate of drug-likeness (QED) is 0.603. The topological polar surface area (TPSA) is 71.3 Å². The number of piperazine rings is 1. The number of carbonyl (C=O) groups excluding carboxylic acids is 2. The van der Waals surface area contributed by atoms with Gasteiger partial charge >= 0.3 is 0 Å². The summed E-state index contributed by atoms with van der Waals surface area (Å²) in [6.07, 6.45) is 0. The Morgan fingerprint density at radius 1 is 0.939 bits per heavy atom. The molecule has 0 saturated carbocycles. The predicted molar refractivity (Wildman–Crippen MR) is 130 cm³/mol. The van der Waals surface area contributed by atoms with Crippen LogP contribution in [0.25, 0.3) is 11.0 Å². The van der Waals surface area contributed by atoms with Crippen LogP contribution in [0.1, 0.15) is 72.6 Å². The van der Waals surface area contributed by atoms with E-state index in [9.17, 15) is 9.59 Å². The summed E-state index contributed by atoms with van der Waals surface area (Å²) in [5, 5.41) is 5.57. The molecule has 7 heteroatoms. The molecule has 0 radical (unpaired) electrons. The van der Waals surface area contributed by atoms with Crippen molar-refractivity contribution in [2.45, 2.75) is 53.0 Å². The Labute approximate surface area is 195 Å². The number of rotatable bonds is 3. The third kappa shape index (κ3) is 4.36. The van der Waals surface area contributed by atoms with E-state index in [2.05, 4.69) is 34.6 Å². The van der Waals surface area contributed by atoms with Crippen molar-refractivity contribution < 1.29 is 9.59 Å². The van der Waals surface area contributed by atoms with Crippen molar-refractivity contribution in [3.05, 3.63) is 58.9 Å². The molecule has 2 amide bonds. The van der Waals surface area contributed by atoms with Crippen molar-refractivity contribution in [1.82, 2.24) is 24.6 Å². The predicted octanol–water partition coefficient (Wildman–Crippen LogP) is 4.22. The first-order chi connectivity index (χ1) is 15.6. The Morgan fingerprint density at radius 2 is 1.52 bits per heavy atom. The van der Waals surface area contributed by atoms with Crippen molar-refractivity contribution in [2.75, 3.05) is 26.2 Å². The molecule has 174 valence electrons. The average Bonchev–Trinajstić information content (AvgIpc) is 3.15. The molecule has 3 aromatic rings. The molecule has 7 nitrogen and oxygen atoms in total. The lowest BCUT2D eigenvalue weighted by molar-refractivity contribution is 0.0536. The summed E-state index contributed by atoms with van der Waals surface area (Å²) in [6.45, 7) is 14.4. The molecule has 1 aliphatic rings. The van der Waals surface area contributed by atoms with Crippen molar-refractivity contribution in [3.8, 4) is 0 Å². The van der Waals surface area contributed by atoms with Crippen LogP contribution in [0.3, 0.4) is 0 Å². The molecule has 0 bridgehead atoms. The van der Waals surface area contributed by atoms with E-state index in [1.54, 1.807) is 0 Å². The molecule has 3 heterocycles. The number of nitrogens with zero attached hydrogens (tertiary/aromatic N) is 5. The molecule has 1 aliphatic heterocycles. The molecule has 1 fully saturated rings. The van der Waals surface area contributed by atoms with Gasteiger partial charge in [-0.1, -0.05) is 32.0 Å². The number of amides is 2. The monoisotopic (exact) mass is 447 g/mol. The van der Waals surface area contributed by atoms with E-state index < -0.39 is 0 Å². The molecule has 1 saturated heterocycles. The number of aryl methyl sites for hydroxylation is 1. The van der Waals surface area contributed by atoms with Crippen LogP contribution in [0.5, 0.6) is 0 Å². The van der Waals surface area contributed by atoms with Crippen LogP contribution in [0, 0.1) is 6.92 Å². The number of hydrogen-bond donors (Lipinski definition) is 0. The van der Waals surface area contributed by atoms with Gasteiger partial charge in [-0.05, 0) is 51.8 Å². The summed E-state index contributed by atoms with van der Waals surface area (Å²) in [5.74, 6) is 0.177. The minimum Gasteiger partial charge on any atom is -0.335 e. The molecule has 33 heavy (non-hydrogen) atoms. The van der Waals surface area contributed by atoms with Gasteiger partial charge in [0.15, 0.2) is 5.65 Å². The zero-order valence-electron chi connectivity index (χ0n) is 20.4. The third-order valence-corrected chi connectivity index (χ3v) is 6.16. The van der Waals surface area contributed by atoms with Crippen LogP contribution in [-0.4, -0.2) is 62.6 Å². The Bertz CT molecular complexity index is 1180. The van der Waals surface area contributed by atoms with Crippen molar-refractivity contribution >= 4 is 22.8 Å². The van der Waals surface area contributed by atoms with E-state index in [-0.39, 0.29) is 23.3 Å². The highest BCUT2D eigenvalue weighted by Gasteiger charge is 2.30. The van der Waals surface area contributed by atoms with Gasteiger partial charge in [0, 0.05) is 37.4 Å². The summed E-state index contributed by atoms with van der Waals surface area (Å²) in [6, 6.07) is 11.2. The van der Waals surface area contributed by atoms with E-state index in [4.69, 9.17) is 10.1 Å². The Balaban J connectivity index is 1.63. The van der Waals surface area contributed by atoms with Gasteiger partial charge in [0.1, 0.15) is 0 Å². The molecule has 4 rings (SSSR count). The number of hydrogen-bond acceptors (Lipinski definition) is 4. The van der Waals surface area contributed by atoms with Crippen LogP contribution < -0.4 is 0 Å². The molecule has 0 spiro atoms. The van der Waals surface area contributed by atoms with Gasteiger partial charge in [0.05, 0.1) is 22.2 Å². The van der Waals surface area contributed by atoms with E-state index in [0.29, 0.717) is 37.3 Å². The van der Waals surface area contributed by atoms with Crippen molar-refractivity contribution in [1.29, 1.82) is 0 Å². The molecular formula is C26H33N5O2. The van der Waals surface area contributed by atoms with Crippen LogP contribution in [0.2, 0.25) is 0 Å². The summed E-state index contributed by atoms with van der Waals surface area (Å²) in [4.78, 5) is 35.1. The van der Waals surface area contributed by atoms with E-state index in [0.717, 1.165) is 22.4 Å². The molecule has 0 N–H and O–H groups in total. The second kappa shape index (κ2) is 8.61. The normalized spacial score (nSPS) is 14.9. The summed E-state index contributed by atoms with van der Waals surface area (Å²) in [5.41, 5.74) is 3.53. The lowest BCUT2D eigenvalue weighted by Crippen LogP contribution is -2.50. The molecule has 2 aromatic heterocycles. The maximum atomic E-state index is 13.7. The molecule has 0 atom stereocenters. The second-order valence-corrected chi connectivity index (χ2v) is 10.1. The van der Waals surface area contributed by atoms with Gasteiger partial charge < -0.3 is 9.80 Å². The lowest BCUT2D eigenvalue weighted by Gasteiger charge is -2.35. The summed E-state index contributed by atoms with van der Waals surface area (Å²) < 4.78 is 1.93. The minimum atomic E-state index is -0.251. The van der Waals surface area contributed by atoms with Crippen LogP contribution >= 0.6 is 0 Å². The van der Waals surface area contributed by atoms with Crippen molar-refractivity contribution in [3.63, 3.8) is 0 Å². The number of fused-ring (bicyclic) bond motifs is 1. The largest absolute Gasteiger partial charge is 0.335 e. The second-order valence-electron chi connectivity index (χ2n) is 10.1. The maximum absolute atomic E-state index is 13.7. The average molecular weight is 448 g/mol. The zero-order valence-corrected chi connectivity index (χ0v) is 20.4. The number of benzene rings is 1. The van der Waals surface area contributed by atoms with Gasteiger partial charge in [0.2, 0.25) is 0 Å². The molecule has 0 aliphatic carbocycles. The Kier molecular flexibility index (Phi) is 5.99. The van der Waals surface area contributed by atoms with E-state index >= 15 is 0 Å². The van der Waals surface area contributed by atoms with Crippen LogP contribution in [-0.2, 0) is 5.54 Å². The summed E-state index contributed by atoms with van der Waals surface area (Å²) >= 11 is 0. The minimum absolute atomic E-state index is 0.0124. The SMILES string of the molecule is Cc1nn(C(C)(C)C)c2nc(C(C)C)cc(C(=O)N3CCN(C(=O)c4ccccc4)CC3)c12. The lowest BCUT2D eigenvalue weighted by atomic mass is 10.0. The first-order valence-electron chi connectivity index (χ1n) is 11.6. The molecule has 0 unspecified atom stereocenters. The standard InChI is InChI=1S/C26H33N5O2/c1-17(2)21-16-20(22-18(3)28-31(23(22)27-21)26(4,5)6)25(33)30-14-12-29(13-15-30)24(32)19-10-8-7-9-11-19/h7-11,16-17H,12-15H2,1-6H3. The fraction of sp³-hybridized carbons (Fsp3) is 0.462. The highest BCUT2D eigenvalue weighted by molar-refractivity contribution is 6.06. The fourth-order valence-corrected chi connectivity index (χ4v) is 4.29. The van der Waals surface area contributed by atoms with Gasteiger partial charge in [-0.3, -0.25) is 9.59 Å².